The van der Waals surface area contributed by atoms with Gasteiger partial charge in [0, 0.05) is 23.9 Å². The van der Waals surface area contributed by atoms with Crippen LogP contribution in [0.1, 0.15) is 25.8 Å². The van der Waals surface area contributed by atoms with E-state index >= 15 is 0 Å². The summed E-state index contributed by atoms with van der Waals surface area (Å²) in [6.07, 6.45) is 2.44. The second-order valence-electron chi connectivity index (χ2n) is 5.27. The molecule has 1 aliphatic heterocycles. The van der Waals surface area contributed by atoms with E-state index in [1.54, 1.807) is 0 Å². The molecule has 3 heteroatoms. The molecule has 18 heavy (non-hydrogen) atoms. The predicted molar refractivity (Wildman–Crippen MR) is 74.5 cm³/mol. The summed E-state index contributed by atoms with van der Waals surface area (Å²) >= 11 is 5.90. The smallest absolute Gasteiger partial charge is 0.223 e. The van der Waals surface area contributed by atoms with Crippen LogP contribution in [0.3, 0.4) is 0 Å². The largest absolute Gasteiger partial charge is 0.333 e. The van der Waals surface area contributed by atoms with Crippen LogP contribution in [0, 0.1) is 5.92 Å². The van der Waals surface area contributed by atoms with Gasteiger partial charge in [0.1, 0.15) is 0 Å². The van der Waals surface area contributed by atoms with Crippen LogP contribution in [-0.4, -0.2) is 17.4 Å². The van der Waals surface area contributed by atoms with Crippen molar-refractivity contribution in [3.8, 4) is 0 Å². The molecular weight excluding hydrogens is 246 g/mol. The third-order valence-electron chi connectivity index (χ3n) is 3.71. The molecule has 0 spiro atoms. The molecule has 1 saturated heterocycles. The van der Waals surface area contributed by atoms with Gasteiger partial charge in [0.2, 0.25) is 5.91 Å². The molecule has 1 aromatic rings. The zero-order valence-electron chi connectivity index (χ0n) is 10.8. The molecule has 0 saturated carbocycles. The van der Waals surface area contributed by atoms with Crippen LogP contribution in [0.4, 0.5) is 0 Å². The van der Waals surface area contributed by atoms with Crippen molar-refractivity contribution in [3.63, 3.8) is 0 Å². The first-order chi connectivity index (χ1) is 8.45. The van der Waals surface area contributed by atoms with Crippen LogP contribution in [0.15, 0.2) is 36.9 Å². The summed E-state index contributed by atoms with van der Waals surface area (Å²) in [5.41, 5.74) is 0.796. The van der Waals surface area contributed by atoms with Gasteiger partial charge in [-0.2, -0.15) is 0 Å². The van der Waals surface area contributed by atoms with E-state index in [9.17, 15) is 4.79 Å². The fourth-order valence-electron chi connectivity index (χ4n) is 2.45. The van der Waals surface area contributed by atoms with E-state index in [0.29, 0.717) is 11.4 Å². The van der Waals surface area contributed by atoms with E-state index < -0.39 is 0 Å². The number of likely N-dealkylation sites (tertiary alicyclic amines) is 1. The van der Waals surface area contributed by atoms with Crippen molar-refractivity contribution in [2.45, 2.75) is 25.8 Å². The Morgan fingerprint density at radius 3 is 2.50 bits per heavy atom. The molecule has 0 aliphatic carbocycles. The summed E-state index contributed by atoms with van der Waals surface area (Å²) in [7, 11) is 0. The van der Waals surface area contributed by atoms with Crippen LogP contribution in [0.5, 0.6) is 0 Å². The lowest BCUT2D eigenvalue weighted by atomic mass is 9.92. The van der Waals surface area contributed by atoms with Crippen molar-refractivity contribution >= 4 is 17.5 Å². The number of amides is 1. The quantitative estimate of drug-likeness (QED) is 0.763. The summed E-state index contributed by atoms with van der Waals surface area (Å²) in [5.74, 6) is 0.462. The molecule has 2 nitrogen and oxygen atoms in total. The zero-order chi connectivity index (χ0) is 13.3. The minimum Gasteiger partial charge on any atom is -0.333 e. The third-order valence-corrected chi connectivity index (χ3v) is 3.97. The highest BCUT2D eigenvalue weighted by atomic mass is 35.5. The van der Waals surface area contributed by atoms with Crippen molar-refractivity contribution in [2.24, 2.45) is 5.92 Å². The molecule has 2 rings (SSSR count). The maximum atomic E-state index is 12.1. The Bertz CT molecular complexity index is 464. The molecule has 96 valence electrons. The first kappa shape index (κ1) is 13.2. The van der Waals surface area contributed by atoms with Gasteiger partial charge >= 0.3 is 0 Å². The number of nitrogens with zero attached hydrogens (tertiary/aromatic N) is 1. The minimum atomic E-state index is -0.306. The van der Waals surface area contributed by atoms with Gasteiger partial charge in [0.25, 0.3) is 0 Å². The first-order valence-electron chi connectivity index (χ1n) is 6.14. The van der Waals surface area contributed by atoms with E-state index in [1.807, 2.05) is 35.2 Å². The van der Waals surface area contributed by atoms with Gasteiger partial charge in [0.05, 0.1) is 5.54 Å². The average molecular weight is 264 g/mol. The molecule has 1 aromatic carbocycles. The molecule has 0 bridgehead atoms. The van der Waals surface area contributed by atoms with Gasteiger partial charge in [-0.05, 0) is 31.5 Å². The lowest BCUT2D eigenvalue weighted by Crippen LogP contribution is -2.42. The summed E-state index contributed by atoms with van der Waals surface area (Å²) in [6, 6.07) is 7.70. The third kappa shape index (κ3) is 2.30. The molecule has 0 aromatic heterocycles. The highest BCUT2D eigenvalue weighted by Gasteiger charge is 2.38. The lowest BCUT2D eigenvalue weighted by molar-refractivity contribution is -0.132. The van der Waals surface area contributed by atoms with Crippen molar-refractivity contribution < 1.29 is 4.79 Å². The van der Waals surface area contributed by atoms with Crippen LogP contribution < -0.4 is 0 Å². The molecular formula is C15H18ClNO. The number of benzene rings is 1. The number of carbonyl (C=O) groups excluding carboxylic acids is 1. The van der Waals surface area contributed by atoms with Gasteiger partial charge < -0.3 is 4.90 Å². The minimum absolute atomic E-state index is 0.194. The maximum absolute atomic E-state index is 12.1. The number of rotatable bonds is 3. The summed E-state index contributed by atoms with van der Waals surface area (Å²) in [4.78, 5) is 14.0. The molecule has 1 fully saturated rings. The zero-order valence-corrected chi connectivity index (χ0v) is 11.6. The monoisotopic (exact) mass is 263 g/mol. The Labute approximate surface area is 113 Å². The van der Waals surface area contributed by atoms with E-state index in [2.05, 4.69) is 20.4 Å². The second kappa shape index (κ2) is 4.77. The summed E-state index contributed by atoms with van der Waals surface area (Å²) in [6.45, 7) is 8.67. The van der Waals surface area contributed by atoms with Crippen LogP contribution in [0.2, 0.25) is 5.02 Å². The Morgan fingerprint density at radius 2 is 2.00 bits per heavy atom. The molecule has 1 aliphatic rings. The van der Waals surface area contributed by atoms with Gasteiger partial charge in [-0.1, -0.05) is 29.8 Å². The number of hydrogen-bond donors (Lipinski definition) is 0. The average Bonchev–Trinajstić information content (AvgIpc) is 2.72. The first-order valence-corrected chi connectivity index (χ1v) is 6.52. The van der Waals surface area contributed by atoms with Crippen molar-refractivity contribution in [2.75, 3.05) is 6.54 Å². The summed E-state index contributed by atoms with van der Waals surface area (Å²) < 4.78 is 0. The van der Waals surface area contributed by atoms with Gasteiger partial charge in [-0.3, -0.25) is 4.79 Å². The molecule has 1 atom stereocenters. The molecule has 1 unspecified atom stereocenters. The Hall–Kier alpha value is -1.28. The van der Waals surface area contributed by atoms with Gasteiger partial charge in [-0.15, -0.1) is 6.58 Å². The van der Waals surface area contributed by atoms with Crippen LogP contribution >= 0.6 is 11.6 Å². The van der Waals surface area contributed by atoms with Crippen LogP contribution in [-0.2, 0) is 10.3 Å². The standard InChI is InChI=1S/C15H18ClNO/c1-4-11-9-14(18)17(10-11)15(2,3)12-5-7-13(16)8-6-12/h4-8,11H,1,9-10H2,2-3H3. The SMILES string of the molecule is C=CC1CC(=O)N(C(C)(C)c2ccc(Cl)cc2)C1. The van der Waals surface area contributed by atoms with Crippen molar-refractivity contribution in [3.05, 3.63) is 47.5 Å². The van der Waals surface area contributed by atoms with E-state index in [-0.39, 0.29) is 17.4 Å². The number of carbonyl (C=O) groups is 1. The topological polar surface area (TPSA) is 20.3 Å². The number of hydrogen-bond acceptors (Lipinski definition) is 1. The van der Waals surface area contributed by atoms with E-state index in [4.69, 9.17) is 11.6 Å². The highest BCUT2D eigenvalue weighted by molar-refractivity contribution is 6.30. The highest BCUT2D eigenvalue weighted by Crippen LogP contribution is 2.34. The molecule has 0 radical (unpaired) electrons. The Balaban J connectivity index is 2.28. The predicted octanol–water partition coefficient (Wildman–Crippen LogP) is 3.61. The summed E-state index contributed by atoms with van der Waals surface area (Å²) in [5, 5.41) is 0.714. The van der Waals surface area contributed by atoms with Gasteiger partial charge in [0.15, 0.2) is 0 Å². The van der Waals surface area contributed by atoms with E-state index in [1.165, 1.54) is 0 Å². The fourth-order valence-corrected chi connectivity index (χ4v) is 2.57. The van der Waals surface area contributed by atoms with Crippen molar-refractivity contribution in [1.29, 1.82) is 0 Å². The second-order valence-corrected chi connectivity index (χ2v) is 5.71. The Morgan fingerprint density at radius 1 is 1.39 bits per heavy atom. The lowest BCUT2D eigenvalue weighted by Gasteiger charge is -2.36. The fraction of sp³-hybridized carbons (Fsp3) is 0.400. The van der Waals surface area contributed by atoms with Crippen LogP contribution in [0.25, 0.3) is 0 Å². The maximum Gasteiger partial charge on any atom is 0.223 e. The normalized spacial score (nSPS) is 20.3. The molecule has 1 heterocycles. The molecule has 0 N–H and O–H groups in total. The van der Waals surface area contributed by atoms with Crippen molar-refractivity contribution in [1.82, 2.24) is 4.90 Å². The van der Waals surface area contributed by atoms with Gasteiger partial charge in [-0.25, -0.2) is 0 Å². The number of halogens is 1. The van der Waals surface area contributed by atoms with E-state index in [0.717, 1.165) is 12.1 Å². The Kier molecular flexibility index (Phi) is 3.49. The molecule has 1 amide bonds.